The van der Waals surface area contributed by atoms with Crippen LogP contribution in [0, 0.1) is 11.3 Å². The van der Waals surface area contributed by atoms with Crippen molar-refractivity contribution in [3.05, 3.63) is 27.7 Å². The first-order valence-electron chi connectivity index (χ1n) is 6.57. The molecule has 1 unspecified atom stereocenters. The maximum Gasteiger partial charge on any atom is 0.228 e. The number of benzene rings is 1. The highest BCUT2D eigenvalue weighted by Gasteiger charge is 2.57. The molecule has 1 aromatic rings. The first-order chi connectivity index (χ1) is 9.11. The third-order valence-electron chi connectivity index (χ3n) is 4.29. The van der Waals surface area contributed by atoms with Crippen molar-refractivity contribution in [1.29, 1.82) is 0 Å². The van der Waals surface area contributed by atoms with Crippen molar-refractivity contribution in [3.63, 3.8) is 0 Å². The van der Waals surface area contributed by atoms with E-state index in [0.717, 1.165) is 36.8 Å². The van der Waals surface area contributed by atoms with Crippen LogP contribution in [0.2, 0.25) is 5.02 Å². The van der Waals surface area contributed by atoms with Gasteiger partial charge in [0.25, 0.3) is 0 Å². The van der Waals surface area contributed by atoms with E-state index in [2.05, 4.69) is 26.6 Å². The van der Waals surface area contributed by atoms with E-state index in [0.29, 0.717) is 10.7 Å². The van der Waals surface area contributed by atoms with Crippen molar-refractivity contribution in [2.75, 3.05) is 18.4 Å². The molecule has 1 aliphatic heterocycles. The maximum atomic E-state index is 12.3. The lowest BCUT2D eigenvalue weighted by molar-refractivity contribution is -0.118. The fraction of sp³-hybridized carbons (Fsp3) is 0.500. The molecule has 1 heterocycles. The van der Waals surface area contributed by atoms with E-state index >= 15 is 0 Å². The lowest BCUT2D eigenvalue weighted by Crippen LogP contribution is -2.31. The Morgan fingerprint density at radius 2 is 2.16 bits per heavy atom. The molecule has 0 radical (unpaired) electrons. The van der Waals surface area contributed by atoms with E-state index < -0.39 is 0 Å². The van der Waals surface area contributed by atoms with Crippen molar-refractivity contribution in [1.82, 2.24) is 5.32 Å². The molecule has 1 saturated carbocycles. The number of anilines is 1. The van der Waals surface area contributed by atoms with Gasteiger partial charge in [-0.25, -0.2) is 0 Å². The summed E-state index contributed by atoms with van der Waals surface area (Å²) in [7, 11) is 0. The Hall–Kier alpha value is -0.580. The minimum Gasteiger partial charge on any atom is -0.325 e. The smallest absolute Gasteiger partial charge is 0.228 e. The number of piperidine rings is 1. The second-order valence-corrected chi connectivity index (χ2v) is 6.81. The van der Waals surface area contributed by atoms with Crippen molar-refractivity contribution in [2.24, 2.45) is 11.3 Å². The number of amides is 1. The normalized spacial score (nSPS) is 24.2. The molecule has 1 saturated heterocycles. The minimum atomic E-state index is 0.117. The van der Waals surface area contributed by atoms with Crippen molar-refractivity contribution in [3.8, 4) is 0 Å². The Balaban J connectivity index is 1.66. The molecule has 1 aliphatic carbocycles. The average Bonchev–Trinajstić information content (AvgIpc) is 3.07. The summed E-state index contributed by atoms with van der Waals surface area (Å²) in [6.45, 7) is 2.06. The van der Waals surface area contributed by atoms with Crippen LogP contribution in [-0.2, 0) is 4.79 Å². The molecule has 5 heteroatoms. The maximum absolute atomic E-state index is 12.3. The fourth-order valence-corrected chi connectivity index (χ4v) is 3.73. The molecule has 0 bridgehead atoms. The Kier molecular flexibility index (Phi) is 3.58. The van der Waals surface area contributed by atoms with E-state index in [1.165, 1.54) is 0 Å². The summed E-state index contributed by atoms with van der Waals surface area (Å²) in [4.78, 5) is 12.3. The van der Waals surface area contributed by atoms with Crippen LogP contribution in [0.3, 0.4) is 0 Å². The zero-order chi connectivity index (χ0) is 13.5. The summed E-state index contributed by atoms with van der Waals surface area (Å²) >= 11 is 9.48. The topological polar surface area (TPSA) is 41.1 Å². The first kappa shape index (κ1) is 13.4. The fourth-order valence-electron chi connectivity index (χ4n) is 3.01. The molecule has 2 fully saturated rings. The van der Waals surface area contributed by atoms with Gasteiger partial charge in [-0.1, -0.05) is 27.5 Å². The first-order valence-corrected chi connectivity index (χ1v) is 7.74. The van der Waals surface area contributed by atoms with E-state index in [1.54, 1.807) is 6.07 Å². The number of hydrogen-bond acceptors (Lipinski definition) is 2. The highest BCUT2D eigenvalue weighted by atomic mass is 79.9. The zero-order valence-corrected chi connectivity index (χ0v) is 12.9. The molecule has 19 heavy (non-hydrogen) atoms. The number of rotatable bonds is 2. The predicted octanol–water partition coefficient (Wildman–Crippen LogP) is 3.43. The van der Waals surface area contributed by atoms with E-state index in [4.69, 9.17) is 11.6 Å². The molecular formula is C14H16BrClN2O. The summed E-state index contributed by atoms with van der Waals surface area (Å²) < 4.78 is 0.914. The van der Waals surface area contributed by atoms with Gasteiger partial charge in [0, 0.05) is 10.4 Å². The monoisotopic (exact) mass is 342 g/mol. The van der Waals surface area contributed by atoms with Crippen molar-refractivity contribution < 1.29 is 4.79 Å². The van der Waals surface area contributed by atoms with Gasteiger partial charge in [0.05, 0.1) is 10.7 Å². The van der Waals surface area contributed by atoms with Gasteiger partial charge >= 0.3 is 0 Å². The quantitative estimate of drug-likeness (QED) is 0.864. The average molecular weight is 344 g/mol. The molecular weight excluding hydrogens is 328 g/mol. The van der Waals surface area contributed by atoms with Gasteiger partial charge in [-0.05, 0) is 56.0 Å². The summed E-state index contributed by atoms with van der Waals surface area (Å²) in [6.07, 6.45) is 3.24. The van der Waals surface area contributed by atoms with Crippen LogP contribution in [0.1, 0.15) is 19.3 Å². The van der Waals surface area contributed by atoms with Crippen LogP contribution in [0.15, 0.2) is 22.7 Å². The molecule has 102 valence electrons. The third kappa shape index (κ3) is 2.67. The highest BCUT2D eigenvalue weighted by molar-refractivity contribution is 9.10. The summed E-state index contributed by atoms with van der Waals surface area (Å²) in [5.74, 6) is 0.278. The lowest BCUT2D eigenvalue weighted by atomic mass is 9.92. The molecule has 2 aliphatic rings. The van der Waals surface area contributed by atoms with Gasteiger partial charge < -0.3 is 10.6 Å². The molecule has 1 spiro atoms. The second kappa shape index (κ2) is 5.08. The Morgan fingerprint density at radius 3 is 2.84 bits per heavy atom. The van der Waals surface area contributed by atoms with Gasteiger partial charge in [0.1, 0.15) is 0 Å². The standard InChI is InChI=1S/C14H16BrClN2O/c15-9-1-2-12(11(16)7-9)18-13(19)10-8-14(10)3-5-17-6-4-14/h1-2,7,10,17H,3-6,8H2,(H,18,19). The number of hydrogen-bond donors (Lipinski definition) is 2. The van der Waals surface area contributed by atoms with Crippen LogP contribution in [0.5, 0.6) is 0 Å². The Bertz CT molecular complexity index is 514. The molecule has 1 atom stereocenters. The minimum absolute atomic E-state index is 0.117. The van der Waals surface area contributed by atoms with Crippen LogP contribution in [0.4, 0.5) is 5.69 Å². The molecule has 1 amide bonds. The second-order valence-electron chi connectivity index (χ2n) is 5.48. The summed E-state index contributed by atoms with van der Waals surface area (Å²) in [5.41, 5.74) is 0.961. The van der Waals surface area contributed by atoms with E-state index in [1.807, 2.05) is 12.1 Å². The Morgan fingerprint density at radius 1 is 1.42 bits per heavy atom. The lowest BCUT2D eigenvalue weighted by Gasteiger charge is -2.23. The summed E-state index contributed by atoms with van der Waals surface area (Å²) in [6, 6.07) is 5.51. The Labute approximate surface area is 126 Å². The summed E-state index contributed by atoms with van der Waals surface area (Å²) in [5, 5.41) is 6.88. The molecule has 2 N–H and O–H groups in total. The number of carbonyl (C=O) groups excluding carboxylic acids is 1. The number of nitrogens with one attached hydrogen (secondary N) is 2. The SMILES string of the molecule is O=C(Nc1ccc(Br)cc1Cl)C1CC12CCNCC2. The van der Waals surface area contributed by atoms with Gasteiger partial charge in [-0.15, -0.1) is 0 Å². The highest BCUT2D eigenvalue weighted by Crippen LogP contribution is 2.58. The van der Waals surface area contributed by atoms with Crippen LogP contribution in [-0.4, -0.2) is 19.0 Å². The van der Waals surface area contributed by atoms with Gasteiger partial charge in [0.15, 0.2) is 0 Å². The van der Waals surface area contributed by atoms with Crippen molar-refractivity contribution in [2.45, 2.75) is 19.3 Å². The van der Waals surface area contributed by atoms with E-state index in [9.17, 15) is 4.79 Å². The number of halogens is 2. The van der Waals surface area contributed by atoms with Gasteiger partial charge in [-0.3, -0.25) is 4.79 Å². The van der Waals surface area contributed by atoms with Crippen LogP contribution < -0.4 is 10.6 Å². The molecule has 3 nitrogen and oxygen atoms in total. The predicted molar refractivity (Wildman–Crippen MR) is 80.4 cm³/mol. The largest absolute Gasteiger partial charge is 0.325 e. The molecule has 3 rings (SSSR count). The third-order valence-corrected chi connectivity index (χ3v) is 5.10. The molecule has 1 aromatic carbocycles. The zero-order valence-electron chi connectivity index (χ0n) is 10.5. The van der Waals surface area contributed by atoms with E-state index in [-0.39, 0.29) is 17.2 Å². The number of carbonyl (C=O) groups is 1. The van der Waals surface area contributed by atoms with Crippen molar-refractivity contribution >= 4 is 39.1 Å². The van der Waals surface area contributed by atoms with Crippen LogP contribution in [0.25, 0.3) is 0 Å². The molecule has 0 aromatic heterocycles. The van der Waals surface area contributed by atoms with Gasteiger partial charge in [0.2, 0.25) is 5.91 Å². The van der Waals surface area contributed by atoms with Crippen LogP contribution >= 0.6 is 27.5 Å². The van der Waals surface area contributed by atoms with Gasteiger partial charge in [-0.2, -0.15) is 0 Å².